The monoisotopic (exact) mass is 305 g/mol. The fourth-order valence-electron chi connectivity index (χ4n) is 3.03. The minimum Gasteiger partial charge on any atom is -0.349 e. The molecule has 120 valence electrons. The van der Waals surface area contributed by atoms with E-state index < -0.39 is 0 Å². The summed E-state index contributed by atoms with van der Waals surface area (Å²) >= 11 is 0. The molecule has 6 heteroatoms. The molecule has 2 atom stereocenters. The first kappa shape index (κ1) is 16.4. The van der Waals surface area contributed by atoms with E-state index in [9.17, 15) is 14.9 Å². The summed E-state index contributed by atoms with van der Waals surface area (Å²) in [6.45, 7) is 3.67. The third-order valence-corrected chi connectivity index (χ3v) is 4.35. The summed E-state index contributed by atoms with van der Waals surface area (Å²) in [5, 5.41) is 10.9. The van der Waals surface area contributed by atoms with Gasteiger partial charge in [-0.15, -0.1) is 0 Å². The lowest BCUT2D eigenvalue weighted by Gasteiger charge is -2.37. The molecule has 0 unspecified atom stereocenters. The summed E-state index contributed by atoms with van der Waals surface area (Å²) in [6.07, 6.45) is 1.89. The standard InChI is InChI=1S/C16H23N3O3/c1-12(13-6-4-8-15(10-13)19(21)22)18-9-5-7-14(11-18)16(20)17(2)3/h4,6,8,10,12,14H,5,7,9,11H2,1-3H3/t12-,14-/m0/s1. The van der Waals surface area contributed by atoms with E-state index in [1.807, 2.05) is 13.0 Å². The summed E-state index contributed by atoms with van der Waals surface area (Å²) in [5.74, 6) is 0.181. The number of carbonyl (C=O) groups excluding carboxylic acids is 1. The van der Waals surface area contributed by atoms with Crippen molar-refractivity contribution < 1.29 is 9.72 Å². The second kappa shape index (κ2) is 6.87. The number of rotatable bonds is 4. The van der Waals surface area contributed by atoms with Crippen LogP contribution in [0, 0.1) is 16.0 Å². The molecule has 22 heavy (non-hydrogen) atoms. The maximum Gasteiger partial charge on any atom is 0.269 e. The van der Waals surface area contributed by atoms with E-state index in [-0.39, 0.29) is 28.5 Å². The third-order valence-electron chi connectivity index (χ3n) is 4.35. The smallest absolute Gasteiger partial charge is 0.269 e. The van der Waals surface area contributed by atoms with Gasteiger partial charge < -0.3 is 4.90 Å². The maximum atomic E-state index is 12.2. The maximum absolute atomic E-state index is 12.2. The first-order valence-corrected chi connectivity index (χ1v) is 7.59. The number of hydrogen-bond acceptors (Lipinski definition) is 4. The molecule has 6 nitrogen and oxygen atoms in total. The minimum atomic E-state index is -0.370. The highest BCUT2D eigenvalue weighted by Crippen LogP contribution is 2.28. The molecule has 0 N–H and O–H groups in total. The van der Waals surface area contributed by atoms with Gasteiger partial charge in [-0.1, -0.05) is 12.1 Å². The molecule has 1 fully saturated rings. The van der Waals surface area contributed by atoms with Crippen LogP contribution >= 0.6 is 0 Å². The van der Waals surface area contributed by atoms with E-state index in [0.717, 1.165) is 24.9 Å². The van der Waals surface area contributed by atoms with Crippen LogP contribution in [0.25, 0.3) is 0 Å². The van der Waals surface area contributed by atoms with Crippen LogP contribution in [0.2, 0.25) is 0 Å². The van der Waals surface area contributed by atoms with E-state index in [1.54, 1.807) is 31.1 Å². The summed E-state index contributed by atoms with van der Waals surface area (Å²) in [7, 11) is 3.57. The highest BCUT2D eigenvalue weighted by atomic mass is 16.6. The molecule has 2 rings (SSSR count). The second-order valence-corrected chi connectivity index (χ2v) is 6.09. The number of likely N-dealkylation sites (tertiary alicyclic amines) is 1. The van der Waals surface area contributed by atoms with Crippen molar-refractivity contribution in [2.24, 2.45) is 5.92 Å². The first-order chi connectivity index (χ1) is 10.4. The molecule has 1 amide bonds. The molecule has 0 aliphatic carbocycles. The minimum absolute atomic E-state index is 0.0184. The van der Waals surface area contributed by atoms with Gasteiger partial charge >= 0.3 is 0 Å². The lowest BCUT2D eigenvalue weighted by atomic mass is 9.94. The van der Waals surface area contributed by atoms with Crippen LogP contribution in [0.15, 0.2) is 24.3 Å². The highest BCUT2D eigenvalue weighted by Gasteiger charge is 2.29. The molecule has 1 aromatic carbocycles. The Bertz CT molecular complexity index is 559. The zero-order chi connectivity index (χ0) is 16.3. The number of benzene rings is 1. The number of non-ortho nitro benzene ring substituents is 1. The molecule has 1 heterocycles. The number of hydrogen-bond donors (Lipinski definition) is 0. The van der Waals surface area contributed by atoms with Crippen LogP contribution in [-0.4, -0.2) is 47.8 Å². The summed E-state index contributed by atoms with van der Waals surface area (Å²) in [5.41, 5.74) is 1.04. The quantitative estimate of drug-likeness (QED) is 0.633. The molecular weight excluding hydrogens is 282 g/mol. The molecule has 0 bridgehead atoms. The van der Waals surface area contributed by atoms with Crippen molar-refractivity contribution in [3.05, 3.63) is 39.9 Å². The number of amides is 1. The van der Waals surface area contributed by atoms with E-state index in [0.29, 0.717) is 6.54 Å². The molecular formula is C16H23N3O3. The molecule has 1 aliphatic heterocycles. The van der Waals surface area contributed by atoms with Crippen LogP contribution in [0.4, 0.5) is 5.69 Å². The van der Waals surface area contributed by atoms with Gasteiger partial charge in [-0.2, -0.15) is 0 Å². The SMILES string of the molecule is C[C@@H](c1cccc([N+](=O)[O-])c1)N1CCC[C@H](C(=O)N(C)C)C1. The van der Waals surface area contributed by atoms with Crippen molar-refractivity contribution in [2.75, 3.05) is 27.2 Å². The number of nitro benzene ring substituents is 1. The van der Waals surface area contributed by atoms with Crippen LogP contribution in [0.3, 0.4) is 0 Å². The largest absolute Gasteiger partial charge is 0.349 e. The fourth-order valence-corrected chi connectivity index (χ4v) is 3.03. The Morgan fingerprint density at radius 1 is 1.45 bits per heavy atom. The zero-order valence-electron chi connectivity index (χ0n) is 13.4. The van der Waals surface area contributed by atoms with Gasteiger partial charge in [0.15, 0.2) is 0 Å². The number of carbonyl (C=O) groups is 1. The Balaban J connectivity index is 2.12. The molecule has 0 aromatic heterocycles. The normalized spacial score (nSPS) is 20.4. The summed E-state index contributed by atoms with van der Waals surface area (Å²) in [6, 6.07) is 6.83. The second-order valence-electron chi connectivity index (χ2n) is 6.09. The number of piperidine rings is 1. The van der Waals surface area contributed by atoms with Crippen LogP contribution in [0.1, 0.15) is 31.4 Å². The number of nitro groups is 1. The topological polar surface area (TPSA) is 66.7 Å². The van der Waals surface area contributed by atoms with Crippen LogP contribution < -0.4 is 0 Å². The van der Waals surface area contributed by atoms with Crippen molar-refractivity contribution in [3.8, 4) is 0 Å². The molecule has 1 aliphatic rings. The average Bonchev–Trinajstić information content (AvgIpc) is 2.53. The Kier molecular flexibility index (Phi) is 5.13. The summed E-state index contributed by atoms with van der Waals surface area (Å²) < 4.78 is 0. The lowest BCUT2D eigenvalue weighted by Crippen LogP contribution is -2.43. The lowest BCUT2D eigenvalue weighted by molar-refractivity contribution is -0.385. The molecule has 1 aromatic rings. The molecule has 1 saturated heterocycles. The van der Waals surface area contributed by atoms with Gasteiger partial charge in [0.05, 0.1) is 10.8 Å². The Labute approximate surface area is 130 Å². The van der Waals surface area contributed by atoms with Crippen molar-refractivity contribution in [1.29, 1.82) is 0 Å². The van der Waals surface area contributed by atoms with Gasteiger partial charge in [0, 0.05) is 38.8 Å². The van der Waals surface area contributed by atoms with Gasteiger partial charge in [0.1, 0.15) is 0 Å². The zero-order valence-corrected chi connectivity index (χ0v) is 13.4. The van der Waals surface area contributed by atoms with Gasteiger partial charge in [0.25, 0.3) is 5.69 Å². The van der Waals surface area contributed by atoms with Gasteiger partial charge in [0.2, 0.25) is 5.91 Å². The Hall–Kier alpha value is -1.95. The van der Waals surface area contributed by atoms with Crippen molar-refractivity contribution >= 4 is 11.6 Å². The third kappa shape index (κ3) is 3.62. The van der Waals surface area contributed by atoms with Crippen molar-refractivity contribution in [2.45, 2.75) is 25.8 Å². The average molecular weight is 305 g/mol. The first-order valence-electron chi connectivity index (χ1n) is 7.59. The molecule has 0 spiro atoms. The number of nitrogens with zero attached hydrogens (tertiary/aromatic N) is 3. The molecule has 0 saturated carbocycles. The predicted molar refractivity (Wildman–Crippen MR) is 84.5 cm³/mol. The van der Waals surface area contributed by atoms with Crippen LogP contribution in [0.5, 0.6) is 0 Å². The van der Waals surface area contributed by atoms with E-state index in [1.165, 1.54) is 6.07 Å². The van der Waals surface area contributed by atoms with Crippen LogP contribution in [-0.2, 0) is 4.79 Å². The van der Waals surface area contributed by atoms with E-state index in [2.05, 4.69) is 4.90 Å². The Morgan fingerprint density at radius 2 is 2.18 bits per heavy atom. The fraction of sp³-hybridized carbons (Fsp3) is 0.562. The van der Waals surface area contributed by atoms with Crippen molar-refractivity contribution in [3.63, 3.8) is 0 Å². The van der Waals surface area contributed by atoms with E-state index in [4.69, 9.17) is 0 Å². The van der Waals surface area contributed by atoms with E-state index >= 15 is 0 Å². The summed E-state index contributed by atoms with van der Waals surface area (Å²) in [4.78, 5) is 26.6. The van der Waals surface area contributed by atoms with Crippen molar-refractivity contribution in [1.82, 2.24) is 9.80 Å². The predicted octanol–water partition coefficient (Wildman–Crippen LogP) is 2.46. The highest BCUT2D eigenvalue weighted by molar-refractivity contribution is 5.78. The Morgan fingerprint density at radius 3 is 2.82 bits per heavy atom. The molecule has 0 radical (unpaired) electrons. The van der Waals surface area contributed by atoms with Gasteiger partial charge in [-0.3, -0.25) is 19.8 Å². The van der Waals surface area contributed by atoms with Gasteiger partial charge in [-0.25, -0.2) is 0 Å². The van der Waals surface area contributed by atoms with Gasteiger partial charge in [-0.05, 0) is 31.9 Å².